The largest absolute Gasteiger partial charge is 0.214 e. The molecule has 4 heteroatoms. The second-order valence-electron chi connectivity index (χ2n) is 0.962. The monoisotopic (exact) mass is 224 g/mol. The van der Waals surface area contributed by atoms with Crippen molar-refractivity contribution in [2.45, 2.75) is 0 Å². The molecule has 1 rings (SSSR count). The van der Waals surface area contributed by atoms with Crippen LogP contribution in [0.15, 0.2) is 30.3 Å². The fourth-order valence-corrected chi connectivity index (χ4v) is 0.321. The Morgan fingerprint density at radius 2 is 1.25 bits per heavy atom. The summed E-state index contributed by atoms with van der Waals surface area (Å²) >= 11 is 4.08. The van der Waals surface area contributed by atoms with Crippen molar-refractivity contribution < 1.29 is 26.4 Å². The first-order valence-electron chi connectivity index (χ1n) is 2.48. The van der Waals surface area contributed by atoms with Gasteiger partial charge >= 0.3 is 22.6 Å². The van der Waals surface area contributed by atoms with Crippen LogP contribution in [0.2, 0.25) is 0 Å². The Hall–Kier alpha value is -0.301. The van der Waals surface area contributed by atoms with E-state index in [1.807, 2.05) is 30.3 Å². The summed E-state index contributed by atoms with van der Waals surface area (Å²) in [6.07, 6.45) is 1.58. The zero-order chi connectivity index (χ0) is 9.54. The average molecular weight is 224 g/mol. The van der Waals surface area contributed by atoms with E-state index in [-0.39, 0.29) is 17.1 Å². The van der Waals surface area contributed by atoms with Gasteiger partial charge < -0.3 is 12.6 Å². The van der Waals surface area contributed by atoms with Crippen LogP contribution in [-0.2, 0) is 39.0 Å². The quantitative estimate of drug-likeness (QED) is 0.285. The molecule has 0 atom stereocenters. The fraction of sp³-hybridized carbons (Fsp3) is 0.125. The van der Waals surface area contributed by atoms with Crippen LogP contribution in [-0.4, -0.2) is 6.26 Å². The summed E-state index contributed by atoms with van der Waals surface area (Å²) in [5.41, 5.74) is 0. The minimum absolute atomic E-state index is 0. The average Bonchev–Trinajstić information content (AvgIpc) is 2.71. The summed E-state index contributed by atoms with van der Waals surface area (Å²) in [6.45, 7) is 9.00. The summed E-state index contributed by atoms with van der Waals surface area (Å²) in [6, 6.07) is 10.0. The second-order valence-corrected chi connectivity index (χ2v) is 0.962. The van der Waals surface area contributed by atoms with Crippen LogP contribution >= 0.6 is 0 Å². The minimum Gasteiger partial charge on any atom is -0.214 e. The van der Waals surface area contributed by atoms with Crippen molar-refractivity contribution in [3.8, 4) is 0 Å². The number of rotatable bonds is 0. The molecule has 0 heterocycles. The van der Waals surface area contributed by atoms with E-state index in [1.54, 1.807) is 6.26 Å². The maximum Gasteiger partial charge on any atom is 0 e. The van der Waals surface area contributed by atoms with Gasteiger partial charge in [0, 0.05) is 17.1 Å². The normalized spacial score (nSPS) is 4.17. The van der Waals surface area contributed by atoms with E-state index in [9.17, 15) is 0 Å². The molecule has 68 valence electrons. The third-order valence-electron chi connectivity index (χ3n) is 0.556. The zero-order valence-corrected chi connectivity index (χ0v) is 8.39. The van der Waals surface area contributed by atoms with Gasteiger partial charge in [-0.1, -0.05) is 0 Å². The first kappa shape index (κ1) is 22.6. The van der Waals surface area contributed by atoms with Crippen LogP contribution in [0.5, 0.6) is 0 Å². The number of hydrogen-bond donors (Lipinski definition) is 0. The van der Waals surface area contributed by atoms with Crippen LogP contribution < -0.4 is 0 Å². The molecule has 0 aromatic heterocycles. The number of hydrogen-bond acceptors (Lipinski definition) is 1. The van der Waals surface area contributed by atoms with Gasteiger partial charge in [-0.2, -0.15) is 24.5 Å². The van der Waals surface area contributed by atoms with Crippen LogP contribution in [0.25, 0.3) is 0 Å². The van der Waals surface area contributed by atoms with Gasteiger partial charge in [0.15, 0.2) is 0 Å². The minimum atomic E-state index is 0. The molecule has 1 aromatic rings. The molecule has 2 nitrogen and oxygen atoms in total. The molecule has 0 saturated heterocycles. The molecule has 1 aromatic carbocycles. The van der Waals surface area contributed by atoms with Crippen molar-refractivity contribution in [2.75, 3.05) is 6.26 Å². The molecular weight excluding hydrogens is 216 g/mol. The molecule has 0 N–H and O–H groups in total. The molecule has 0 saturated carbocycles. The van der Waals surface area contributed by atoms with E-state index in [4.69, 9.17) is 9.30 Å². The van der Waals surface area contributed by atoms with E-state index in [2.05, 4.69) is 25.9 Å². The smallest absolute Gasteiger partial charge is 0 e. The van der Waals surface area contributed by atoms with Crippen molar-refractivity contribution in [1.29, 1.82) is 0 Å². The van der Waals surface area contributed by atoms with Gasteiger partial charge in [-0.15, -0.1) is 0 Å². The molecule has 0 aliphatic heterocycles. The van der Waals surface area contributed by atoms with Gasteiger partial charge in [-0.3, -0.25) is 0 Å². The first-order chi connectivity index (χ1) is 5.50. The van der Waals surface area contributed by atoms with Crippen molar-refractivity contribution in [3.05, 3.63) is 43.6 Å². The third kappa shape index (κ3) is 33.2. The van der Waals surface area contributed by atoms with E-state index < -0.39 is 0 Å². The van der Waals surface area contributed by atoms with Gasteiger partial charge in [0.05, 0.1) is 0 Å². The maximum absolute atomic E-state index is 7.50. The molecule has 0 aliphatic rings. The molecular formula is C8H8FeO2S-2. The summed E-state index contributed by atoms with van der Waals surface area (Å²) < 4.78 is 15.0. The van der Waals surface area contributed by atoms with Crippen molar-refractivity contribution >= 4 is 12.6 Å². The molecule has 0 aliphatic carbocycles. The van der Waals surface area contributed by atoms with Crippen molar-refractivity contribution in [1.82, 2.24) is 0 Å². The Bertz CT molecular complexity index is 123. The van der Waals surface area contributed by atoms with E-state index in [0.717, 1.165) is 0 Å². The van der Waals surface area contributed by atoms with E-state index >= 15 is 0 Å². The predicted octanol–water partition coefficient (Wildman–Crippen LogP) is 1.49. The molecule has 0 unspecified atom stereocenters. The van der Waals surface area contributed by atoms with Crippen LogP contribution in [0.3, 0.4) is 0 Å². The molecule has 0 radical (unpaired) electrons. The molecule has 12 heavy (non-hydrogen) atoms. The standard InChI is InChI=1S/C5H5.2CO.CH4S.Fe/c1-2-4-5-3-1;3*1-2;/h1-5H;;;2H,1H3;/q-1;;;;/p-1. The van der Waals surface area contributed by atoms with Gasteiger partial charge in [0.1, 0.15) is 0 Å². The van der Waals surface area contributed by atoms with Crippen molar-refractivity contribution in [3.63, 3.8) is 0 Å². The van der Waals surface area contributed by atoms with Crippen LogP contribution in [0.1, 0.15) is 0 Å². The van der Waals surface area contributed by atoms with Crippen LogP contribution in [0.4, 0.5) is 0 Å². The third-order valence-corrected chi connectivity index (χ3v) is 0.556. The van der Waals surface area contributed by atoms with E-state index in [1.165, 1.54) is 0 Å². The summed E-state index contributed by atoms with van der Waals surface area (Å²) in [5.74, 6) is 0. The molecule has 0 fully saturated rings. The van der Waals surface area contributed by atoms with Gasteiger partial charge in [-0.05, 0) is 0 Å². The van der Waals surface area contributed by atoms with E-state index in [0.29, 0.717) is 0 Å². The molecule has 0 bridgehead atoms. The van der Waals surface area contributed by atoms with Gasteiger partial charge in [0.2, 0.25) is 0 Å². The predicted molar refractivity (Wildman–Crippen MR) is 43.2 cm³/mol. The Balaban J connectivity index is -0.0000000406. The Morgan fingerprint density at radius 1 is 1.00 bits per heavy atom. The first-order valence-corrected chi connectivity index (χ1v) is 3.30. The summed E-state index contributed by atoms with van der Waals surface area (Å²) in [4.78, 5) is 0. The molecule has 0 spiro atoms. The summed E-state index contributed by atoms with van der Waals surface area (Å²) in [5, 5.41) is 0. The second kappa shape index (κ2) is 45.6. The van der Waals surface area contributed by atoms with Gasteiger partial charge in [-0.25, -0.2) is 12.1 Å². The Kier molecular flexibility index (Phi) is 85.8. The topological polar surface area (TPSA) is 39.8 Å². The molecule has 0 amide bonds. The SMILES string of the molecule is C[S-].[C-]#[O+].[C-]#[O+].[Fe].c1cc[cH-]c1. The summed E-state index contributed by atoms with van der Waals surface area (Å²) in [7, 11) is 0. The fourth-order valence-electron chi connectivity index (χ4n) is 0.321. The van der Waals surface area contributed by atoms with Crippen LogP contribution in [0, 0.1) is 13.3 Å². The Morgan fingerprint density at radius 3 is 1.33 bits per heavy atom. The Labute approximate surface area is 89.0 Å². The zero-order valence-electron chi connectivity index (χ0n) is 6.47. The maximum atomic E-state index is 7.50. The van der Waals surface area contributed by atoms with Gasteiger partial charge in [0.25, 0.3) is 0 Å². The van der Waals surface area contributed by atoms with Crippen molar-refractivity contribution in [2.24, 2.45) is 0 Å².